The highest BCUT2D eigenvalue weighted by molar-refractivity contribution is 7.99. The standard InChI is InChI=1S/C13H10ClF2NOS2/c1-7-5-6-19-10(7)12(18)17-9-4-2-3-8(14)11(9)20-13(15)16/h2-6,13H,1H3,(H,17,18). The summed E-state index contributed by atoms with van der Waals surface area (Å²) in [5.74, 6) is -2.93. The summed E-state index contributed by atoms with van der Waals surface area (Å²) in [5.41, 5.74) is 1.14. The Morgan fingerprint density at radius 3 is 2.75 bits per heavy atom. The highest BCUT2D eigenvalue weighted by atomic mass is 35.5. The van der Waals surface area contributed by atoms with Gasteiger partial charge in [-0.25, -0.2) is 0 Å². The summed E-state index contributed by atoms with van der Waals surface area (Å²) in [4.78, 5) is 12.8. The highest BCUT2D eigenvalue weighted by Crippen LogP contribution is 2.37. The van der Waals surface area contributed by atoms with Crippen molar-refractivity contribution in [1.29, 1.82) is 0 Å². The van der Waals surface area contributed by atoms with E-state index in [2.05, 4.69) is 5.32 Å². The van der Waals surface area contributed by atoms with Gasteiger partial charge in [-0.2, -0.15) is 8.78 Å². The normalized spacial score (nSPS) is 10.8. The van der Waals surface area contributed by atoms with Crippen LogP contribution >= 0.6 is 34.7 Å². The van der Waals surface area contributed by atoms with E-state index in [1.54, 1.807) is 17.5 Å². The lowest BCUT2D eigenvalue weighted by molar-refractivity contribution is 0.102. The number of hydrogen-bond acceptors (Lipinski definition) is 3. The van der Waals surface area contributed by atoms with Crippen LogP contribution in [0, 0.1) is 6.92 Å². The van der Waals surface area contributed by atoms with Crippen LogP contribution in [0.3, 0.4) is 0 Å². The Hall–Kier alpha value is -1.11. The van der Waals surface area contributed by atoms with E-state index in [-0.39, 0.29) is 15.8 Å². The molecule has 1 amide bonds. The smallest absolute Gasteiger partial charge is 0.289 e. The number of aryl methyl sites for hydroxylation is 1. The Morgan fingerprint density at radius 1 is 1.40 bits per heavy atom. The Bertz CT molecular complexity index is 631. The van der Waals surface area contributed by atoms with Crippen molar-refractivity contribution in [3.05, 3.63) is 45.1 Å². The number of halogens is 3. The molecule has 1 aromatic heterocycles. The van der Waals surface area contributed by atoms with E-state index in [0.29, 0.717) is 22.3 Å². The minimum Gasteiger partial charge on any atom is -0.320 e. The predicted molar refractivity (Wildman–Crippen MR) is 80.3 cm³/mol. The molecule has 7 heteroatoms. The molecule has 1 aromatic carbocycles. The molecule has 0 atom stereocenters. The van der Waals surface area contributed by atoms with Crippen LogP contribution in [-0.2, 0) is 0 Å². The maximum Gasteiger partial charge on any atom is 0.289 e. The summed E-state index contributed by atoms with van der Waals surface area (Å²) < 4.78 is 25.1. The molecule has 0 radical (unpaired) electrons. The molecule has 0 aliphatic carbocycles. The summed E-state index contributed by atoms with van der Waals surface area (Å²) in [6, 6.07) is 6.50. The van der Waals surface area contributed by atoms with Crippen molar-refractivity contribution < 1.29 is 13.6 Å². The van der Waals surface area contributed by atoms with E-state index in [4.69, 9.17) is 11.6 Å². The van der Waals surface area contributed by atoms with Gasteiger partial charge in [-0.05, 0) is 36.1 Å². The minimum absolute atomic E-state index is 0.173. The quantitative estimate of drug-likeness (QED) is 0.771. The Balaban J connectivity index is 2.27. The largest absolute Gasteiger partial charge is 0.320 e. The number of thioether (sulfide) groups is 1. The molecule has 106 valence electrons. The second-order valence-electron chi connectivity index (χ2n) is 3.88. The third-order valence-electron chi connectivity index (χ3n) is 2.49. The number of carbonyl (C=O) groups is 1. The van der Waals surface area contributed by atoms with Gasteiger partial charge < -0.3 is 5.32 Å². The Labute approximate surface area is 128 Å². The Morgan fingerprint density at radius 2 is 2.15 bits per heavy atom. The molecule has 2 aromatic rings. The van der Waals surface area contributed by atoms with E-state index in [1.807, 2.05) is 13.0 Å². The second kappa shape index (κ2) is 6.56. The van der Waals surface area contributed by atoms with E-state index < -0.39 is 5.76 Å². The SMILES string of the molecule is Cc1ccsc1C(=O)Nc1cccc(Cl)c1SC(F)F. The first-order valence-electron chi connectivity index (χ1n) is 5.58. The van der Waals surface area contributed by atoms with Crippen LogP contribution < -0.4 is 5.32 Å². The summed E-state index contributed by atoms with van der Waals surface area (Å²) in [7, 11) is 0. The van der Waals surface area contributed by atoms with Gasteiger partial charge in [0.1, 0.15) is 0 Å². The molecule has 1 heterocycles. The third kappa shape index (κ3) is 3.50. The molecule has 2 rings (SSSR count). The number of carbonyl (C=O) groups excluding carboxylic acids is 1. The van der Waals surface area contributed by atoms with Gasteiger partial charge >= 0.3 is 0 Å². The van der Waals surface area contributed by atoms with E-state index in [0.717, 1.165) is 5.56 Å². The fraction of sp³-hybridized carbons (Fsp3) is 0.154. The molecule has 20 heavy (non-hydrogen) atoms. The molecule has 0 spiro atoms. The number of thiophene rings is 1. The molecular weight excluding hydrogens is 324 g/mol. The van der Waals surface area contributed by atoms with Crippen LogP contribution in [0.4, 0.5) is 14.5 Å². The lowest BCUT2D eigenvalue weighted by atomic mass is 10.2. The average molecular weight is 334 g/mol. The van der Waals surface area contributed by atoms with Gasteiger partial charge in [-0.1, -0.05) is 29.4 Å². The van der Waals surface area contributed by atoms with Gasteiger partial charge in [0.15, 0.2) is 0 Å². The van der Waals surface area contributed by atoms with Crippen molar-refractivity contribution in [2.24, 2.45) is 0 Å². The van der Waals surface area contributed by atoms with Crippen LogP contribution in [0.1, 0.15) is 15.2 Å². The van der Waals surface area contributed by atoms with Crippen LogP contribution in [0.25, 0.3) is 0 Å². The van der Waals surface area contributed by atoms with Gasteiger partial charge in [-0.3, -0.25) is 4.79 Å². The first-order chi connectivity index (χ1) is 9.49. The fourth-order valence-corrected chi connectivity index (χ4v) is 3.33. The molecule has 0 fully saturated rings. The minimum atomic E-state index is -2.60. The average Bonchev–Trinajstić information content (AvgIpc) is 2.79. The fourth-order valence-electron chi connectivity index (χ4n) is 1.60. The third-order valence-corrected chi connectivity index (χ3v) is 4.79. The monoisotopic (exact) mass is 333 g/mol. The zero-order valence-corrected chi connectivity index (χ0v) is 12.7. The van der Waals surface area contributed by atoms with E-state index >= 15 is 0 Å². The van der Waals surface area contributed by atoms with Crippen molar-refractivity contribution in [2.75, 3.05) is 5.32 Å². The molecule has 1 N–H and O–H groups in total. The summed E-state index contributed by atoms with van der Waals surface area (Å²) in [5, 5.41) is 4.63. The number of hydrogen-bond donors (Lipinski definition) is 1. The van der Waals surface area contributed by atoms with Crippen molar-refractivity contribution >= 4 is 46.3 Å². The second-order valence-corrected chi connectivity index (χ2v) is 6.21. The van der Waals surface area contributed by atoms with Crippen LogP contribution in [0.2, 0.25) is 5.02 Å². The first-order valence-corrected chi connectivity index (χ1v) is 7.71. The number of benzene rings is 1. The molecule has 0 bridgehead atoms. The molecule has 0 aliphatic rings. The van der Waals surface area contributed by atoms with E-state index in [1.165, 1.54) is 17.4 Å². The van der Waals surface area contributed by atoms with Crippen LogP contribution in [-0.4, -0.2) is 11.7 Å². The maximum atomic E-state index is 12.5. The van der Waals surface area contributed by atoms with Crippen LogP contribution in [0.5, 0.6) is 0 Å². The van der Waals surface area contributed by atoms with Crippen molar-refractivity contribution in [1.82, 2.24) is 0 Å². The first kappa shape index (κ1) is 15.3. The maximum absolute atomic E-state index is 12.5. The van der Waals surface area contributed by atoms with Gasteiger partial charge in [0, 0.05) is 0 Å². The van der Waals surface area contributed by atoms with Gasteiger partial charge in [0.25, 0.3) is 11.7 Å². The number of anilines is 1. The summed E-state index contributed by atoms with van der Waals surface area (Å²) >= 11 is 7.53. The molecule has 0 saturated heterocycles. The number of rotatable bonds is 4. The number of nitrogens with one attached hydrogen (secondary N) is 1. The predicted octanol–water partition coefficient (Wildman–Crippen LogP) is 5.28. The molecule has 0 aliphatic heterocycles. The lowest BCUT2D eigenvalue weighted by Crippen LogP contribution is -2.12. The Kier molecular flexibility index (Phi) is 5.01. The van der Waals surface area contributed by atoms with Crippen LogP contribution in [0.15, 0.2) is 34.5 Å². The molecule has 2 nitrogen and oxygen atoms in total. The zero-order valence-electron chi connectivity index (χ0n) is 10.3. The number of alkyl halides is 2. The number of amides is 1. The lowest BCUT2D eigenvalue weighted by Gasteiger charge is -2.11. The van der Waals surface area contributed by atoms with Gasteiger partial charge in [0.2, 0.25) is 0 Å². The zero-order chi connectivity index (χ0) is 14.7. The van der Waals surface area contributed by atoms with Crippen molar-refractivity contribution in [2.45, 2.75) is 17.6 Å². The topological polar surface area (TPSA) is 29.1 Å². The summed E-state index contributed by atoms with van der Waals surface area (Å²) in [6.45, 7) is 1.82. The van der Waals surface area contributed by atoms with Gasteiger partial charge in [0.05, 0.1) is 20.5 Å². The molecule has 0 unspecified atom stereocenters. The molecule has 0 saturated carbocycles. The van der Waals surface area contributed by atoms with Crippen molar-refractivity contribution in [3.63, 3.8) is 0 Å². The highest BCUT2D eigenvalue weighted by Gasteiger charge is 2.17. The van der Waals surface area contributed by atoms with Crippen molar-refractivity contribution in [3.8, 4) is 0 Å². The molecular formula is C13H10ClF2NOS2. The summed E-state index contributed by atoms with van der Waals surface area (Å²) in [6.07, 6.45) is 0. The van der Waals surface area contributed by atoms with E-state index in [9.17, 15) is 13.6 Å². The van der Waals surface area contributed by atoms with Gasteiger partial charge in [-0.15, -0.1) is 11.3 Å².